The third-order valence-corrected chi connectivity index (χ3v) is 5.04. The molecule has 2 fully saturated rings. The van der Waals surface area contributed by atoms with Crippen molar-refractivity contribution >= 4 is 18.5 Å². The third kappa shape index (κ3) is 3.55. The van der Waals surface area contributed by atoms with Gasteiger partial charge in [-0.2, -0.15) is 13.2 Å². The van der Waals surface area contributed by atoms with Crippen LogP contribution in [0.4, 0.5) is 13.2 Å². The molecule has 0 atom stereocenters. The van der Waals surface area contributed by atoms with Crippen LogP contribution in [0.3, 0.4) is 0 Å². The highest BCUT2D eigenvalue weighted by Crippen LogP contribution is 2.38. The summed E-state index contributed by atoms with van der Waals surface area (Å²) in [6, 6.07) is 3.60. The number of amides is 1. The van der Waals surface area contributed by atoms with E-state index in [4.69, 9.17) is 9.31 Å². The maximum absolute atomic E-state index is 13.6. The quantitative estimate of drug-likeness (QED) is 0.849. The van der Waals surface area contributed by atoms with Gasteiger partial charge < -0.3 is 14.6 Å². The van der Waals surface area contributed by atoms with Gasteiger partial charge in [0.25, 0.3) is 5.91 Å². The minimum Gasteiger partial charge on any atom is -0.399 e. The Labute approximate surface area is 145 Å². The first-order valence-corrected chi connectivity index (χ1v) is 8.28. The highest BCUT2D eigenvalue weighted by molar-refractivity contribution is 6.62. The van der Waals surface area contributed by atoms with Gasteiger partial charge in [-0.05, 0) is 58.1 Å². The van der Waals surface area contributed by atoms with Crippen molar-refractivity contribution in [1.82, 2.24) is 5.32 Å². The molecule has 0 unspecified atom stereocenters. The summed E-state index contributed by atoms with van der Waals surface area (Å²) in [5.74, 6) is -0.492. The minimum atomic E-state index is -4.62. The van der Waals surface area contributed by atoms with E-state index in [-0.39, 0.29) is 17.1 Å². The van der Waals surface area contributed by atoms with Gasteiger partial charge in [0.15, 0.2) is 0 Å². The van der Waals surface area contributed by atoms with Crippen LogP contribution in [-0.4, -0.2) is 30.3 Å². The Morgan fingerprint density at radius 2 is 1.72 bits per heavy atom. The van der Waals surface area contributed by atoms with Gasteiger partial charge >= 0.3 is 13.3 Å². The van der Waals surface area contributed by atoms with Crippen molar-refractivity contribution in [3.63, 3.8) is 0 Å². The Bertz CT molecular complexity index is 683. The fourth-order valence-corrected chi connectivity index (χ4v) is 2.61. The summed E-state index contributed by atoms with van der Waals surface area (Å²) in [5, 5.41) is 2.70. The van der Waals surface area contributed by atoms with E-state index >= 15 is 0 Å². The normalized spacial score (nSPS) is 22.1. The molecule has 136 valence electrons. The standard InChI is InChI=1S/C17H21BF3NO3/c1-15(2)16(3,4)25-18(24-15)13-8-5-10(9-12(13)17(19,20)21)14(23)22-11-6-7-11/h5,8-9,11H,6-7H2,1-4H3,(H,22,23). The fraction of sp³-hybridized carbons (Fsp3) is 0.588. The molecule has 0 aromatic heterocycles. The van der Waals surface area contributed by atoms with Crippen molar-refractivity contribution in [2.45, 2.75) is 64.0 Å². The van der Waals surface area contributed by atoms with E-state index in [2.05, 4.69) is 5.32 Å². The molecule has 8 heteroatoms. The van der Waals surface area contributed by atoms with Crippen molar-refractivity contribution in [2.75, 3.05) is 0 Å². The van der Waals surface area contributed by atoms with Crippen molar-refractivity contribution < 1.29 is 27.3 Å². The maximum atomic E-state index is 13.6. The van der Waals surface area contributed by atoms with Crippen LogP contribution in [0.25, 0.3) is 0 Å². The zero-order valence-electron chi connectivity index (χ0n) is 14.7. The van der Waals surface area contributed by atoms with Crippen LogP contribution in [0.2, 0.25) is 0 Å². The molecule has 0 spiro atoms. The molecule has 1 amide bonds. The first-order valence-electron chi connectivity index (χ1n) is 8.28. The summed E-state index contributed by atoms with van der Waals surface area (Å²) in [5.41, 5.74) is -2.53. The number of nitrogens with one attached hydrogen (secondary N) is 1. The van der Waals surface area contributed by atoms with Crippen LogP contribution in [0, 0.1) is 0 Å². The molecule has 1 saturated carbocycles. The van der Waals surface area contributed by atoms with Gasteiger partial charge in [0.2, 0.25) is 0 Å². The fourth-order valence-electron chi connectivity index (χ4n) is 2.61. The summed E-state index contributed by atoms with van der Waals surface area (Å²) >= 11 is 0. The number of hydrogen-bond donors (Lipinski definition) is 1. The van der Waals surface area contributed by atoms with E-state index in [9.17, 15) is 18.0 Å². The van der Waals surface area contributed by atoms with E-state index in [0.29, 0.717) is 0 Å². The molecule has 1 heterocycles. The highest BCUT2D eigenvalue weighted by atomic mass is 19.4. The number of hydrogen-bond acceptors (Lipinski definition) is 3. The lowest BCUT2D eigenvalue weighted by atomic mass is 9.75. The summed E-state index contributed by atoms with van der Waals surface area (Å²) in [4.78, 5) is 12.1. The highest BCUT2D eigenvalue weighted by Gasteiger charge is 2.53. The second-order valence-electron chi connectivity index (χ2n) is 7.64. The molecule has 2 aliphatic rings. The van der Waals surface area contributed by atoms with Crippen LogP contribution >= 0.6 is 0 Å². The van der Waals surface area contributed by atoms with Crippen LogP contribution < -0.4 is 10.8 Å². The topological polar surface area (TPSA) is 47.6 Å². The molecule has 1 aromatic carbocycles. The van der Waals surface area contributed by atoms with Crippen LogP contribution in [-0.2, 0) is 15.5 Å². The van der Waals surface area contributed by atoms with E-state index in [1.807, 2.05) is 0 Å². The van der Waals surface area contributed by atoms with Crippen molar-refractivity contribution in [3.8, 4) is 0 Å². The number of rotatable bonds is 3. The Kier molecular flexibility index (Phi) is 4.19. The molecule has 25 heavy (non-hydrogen) atoms. The summed E-state index contributed by atoms with van der Waals surface area (Å²) in [7, 11) is -1.14. The Hall–Kier alpha value is -1.54. The number of carbonyl (C=O) groups is 1. The maximum Gasteiger partial charge on any atom is 0.495 e. The second-order valence-corrected chi connectivity index (χ2v) is 7.64. The monoisotopic (exact) mass is 355 g/mol. The first-order chi connectivity index (χ1) is 11.4. The molecular formula is C17H21BF3NO3. The Morgan fingerprint density at radius 3 is 2.20 bits per heavy atom. The van der Waals surface area contributed by atoms with E-state index in [0.717, 1.165) is 18.9 Å². The summed E-state index contributed by atoms with van der Waals surface area (Å²) in [6.45, 7) is 7.10. The van der Waals surface area contributed by atoms with Gasteiger partial charge in [-0.1, -0.05) is 6.07 Å². The summed E-state index contributed by atoms with van der Waals surface area (Å²) in [6.07, 6.45) is -2.89. The number of alkyl halides is 3. The molecule has 1 aromatic rings. The molecule has 0 bridgehead atoms. The Morgan fingerprint density at radius 1 is 1.16 bits per heavy atom. The van der Waals surface area contributed by atoms with Crippen molar-refractivity contribution in [1.29, 1.82) is 0 Å². The predicted octanol–water partition coefficient (Wildman–Crippen LogP) is 2.90. The van der Waals surface area contributed by atoms with Gasteiger partial charge in [0.1, 0.15) is 0 Å². The molecule has 1 saturated heterocycles. The SMILES string of the molecule is CC1(C)OB(c2ccc(C(=O)NC3CC3)cc2C(F)(F)F)OC1(C)C. The van der Waals surface area contributed by atoms with E-state index < -0.39 is 36.0 Å². The number of halogens is 3. The molecular weight excluding hydrogens is 334 g/mol. The molecule has 1 N–H and O–H groups in total. The molecule has 0 radical (unpaired) electrons. The largest absolute Gasteiger partial charge is 0.495 e. The third-order valence-electron chi connectivity index (χ3n) is 5.04. The summed E-state index contributed by atoms with van der Waals surface area (Å²) < 4.78 is 52.2. The van der Waals surface area contributed by atoms with Crippen molar-refractivity contribution in [2.24, 2.45) is 0 Å². The van der Waals surface area contributed by atoms with Gasteiger partial charge in [-0.25, -0.2) is 0 Å². The van der Waals surface area contributed by atoms with Gasteiger partial charge in [0.05, 0.1) is 16.8 Å². The average molecular weight is 355 g/mol. The van der Waals surface area contributed by atoms with E-state index in [1.165, 1.54) is 12.1 Å². The van der Waals surface area contributed by atoms with E-state index in [1.54, 1.807) is 27.7 Å². The lowest BCUT2D eigenvalue weighted by molar-refractivity contribution is -0.136. The van der Waals surface area contributed by atoms with Gasteiger partial charge in [0, 0.05) is 11.6 Å². The minimum absolute atomic E-state index is 0.0144. The molecule has 4 nitrogen and oxygen atoms in total. The van der Waals surface area contributed by atoms with Crippen LogP contribution in [0.15, 0.2) is 18.2 Å². The van der Waals surface area contributed by atoms with Gasteiger partial charge in [-0.15, -0.1) is 0 Å². The zero-order chi connectivity index (χ0) is 18.6. The molecule has 1 aliphatic heterocycles. The average Bonchev–Trinajstić information content (AvgIpc) is 3.24. The van der Waals surface area contributed by atoms with Crippen molar-refractivity contribution in [3.05, 3.63) is 29.3 Å². The van der Waals surface area contributed by atoms with Crippen LogP contribution in [0.1, 0.15) is 56.5 Å². The predicted molar refractivity (Wildman–Crippen MR) is 87.6 cm³/mol. The van der Waals surface area contributed by atoms with Crippen LogP contribution in [0.5, 0.6) is 0 Å². The lowest BCUT2D eigenvalue weighted by Gasteiger charge is -2.32. The zero-order valence-corrected chi connectivity index (χ0v) is 14.7. The smallest absolute Gasteiger partial charge is 0.399 e. The molecule has 3 rings (SSSR count). The number of benzene rings is 1. The number of carbonyl (C=O) groups excluding carboxylic acids is 1. The first kappa shape index (κ1) is 18.3. The Balaban J connectivity index is 1.95. The lowest BCUT2D eigenvalue weighted by Crippen LogP contribution is -2.41. The van der Waals surface area contributed by atoms with Gasteiger partial charge in [-0.3, -0.25) is 4.79 Å². The second kappa shape index (κ2) is 5.74. The molecule has 1 aliphatic carbocycles.